The molecule has 6 heteroatoms. The zero-order valence-electron chi connectivity index (χ0n) is 13.6. The van der Waals surface area contributed by atoms with Gasteiger partial charge in [-0.2, -0.15) is 0 Å². The first-order chi connectivity index (χ1) is 11.7. The molecular weight excluding hydrogens is 308 g/mol. The predicted octanol–water partition coefficient (Wildman–Crippen LogP) is 1.73. The van der Waals surface area contributed by atoms with Crippen molar-refractivity contribution in [3.8, 4) is 11.5 Å². The molecule has 128 valence electrons. The Hall–Kier alpha value is -2.24. The van der Waals surface area contributed by atoms with Gasteiger partial charge in [0.1, 0.15) is 13.2 Å². The number of benzene rings is 1. The first-order valence-electron chi connectivity index (χ1n) is 8.68. The van der Waals surface area contributed by atoms with Gasteiger partial charge < -0.3 is 19.7 Å². The molecule has 0 bridgehead atoms. The average molecular weight is 330 g/mol. The van der Waals surface area contributed by atoms with E-state index in [1.807, 2.05) is 18.2 Å². The van der Waals surface area contributed by atoms with Crippen molar-refractivity contribution in [3.63, 3.8) is 0 Å². The zero-order chi connectivity index (χ0) is 16.5. The van der Waals surface area contributed by atoms with Gasteiger partial charge in [-0.15, -0.1) is 0 Å². The lowest BCUT2D eigenvalue weighted by Crippen LogP contribution is -2.37. The van der Waals surface area contributed by atoms with E-state index in [2.05, 4.69) is 5.32 Å². The summed E-state index contributed by atoms with van der Waals surface area (Å²) in [7, 11) is 0. The molecule has 0 spiro atoms. The van der Waals surface area contributed by atoms with Crippen LogP contribution in [0.2, 0.25) is 0 Å². The van der Waals surface area contributed by atoms with E-state index >= 15 is 0 Å². The highest BCUT2D eigenvalue weighted by atomic mass is 16.6. The molecule has 1 N–H and O–H groups in total. The summed E-state index contributed by atoms with van der Waals surface area (Å²) in [6.07, 6.45) is 3.94. The van der Waals surface area contributed by atoms with E-state index in [0.29, 0.717) is 37.2 Å². The molecule has 1 aliphatic carbocycles. The first-order valence-corrected chi connectivity index (χ1v) is 8.68. The number of anilines is 1. The van der Waals surface area contributed by atoms with Crippen molar-refractivity contribution < 1.29 is 19.1 Å². The van der Waals surface area contributed by atoms with Gasteiger partial charge in [0.25, 0.3) is 0 Å². The minimum atomic E-state index is -0.272. The smallest absolute Gasteiger partial charge is 0.227 e. The molecule has 2 fully saturated rings. The molecule has 6 nitrogen and oxygen atoms in total. The Morgan fingerprint density at radius 1 is 1.21 bits per heavy atom. The SMILES string of the molecule is O=C(NCC1CCC1)C1CC(=O)N(c2ccc3c(c2)OCCO3)C1. The van der Waals surface area contributed by atoms with Crippen molar-refractivity contribution in [2.24, 2.45) is 11.8 Å². The number of hydrogen-bond acceptors (Lipinski definition) is 4. The second-order valence-corrected chi connectivity index (χ2v) is 6.78. The molecule has 0 aromatic heterocycles. The Balaban J connectivity index is 1.41. The molecule has 2 amide bonds. The van der Waals surface area contributed by atoms with E-state index in [1.54, 1.807) is 4.90 Å². The van der Waals surface area contributed by atoms with E-state index in [9.17, 15) is 9.59 Å². The highest BCUT2D eigenvalue weighted by Gasteiger charge is 2.35. The van der Waals surface area contributed by atoms with E-state index in [4.69, 9.17) is 9.47 Å². The number of ether oxygens (including phenoxy) is 2. The topological polar surface area (TPSA) is 67.9 Å². The van der Waals surface area contributed by atoms with Crippen LogP contribution in [0.3, 0.4) is 0 Å². The Bertz CT molecular complexity index is 656. The van der Waals surface area contributed by atoms with E-state index < -0.39 is 0 Å². The number of carbonyl (C=O) groups is 2. The standard InChI is InChI=1S/C18H22N2O4/c21-17-8-13(18(22)19-10-12-2-1-3-12)11-20(17)14-4-5-15-16(9-14)24-7-6-23-15/h4-5,9,12-13H,1-3,6-8,10-11H2,(H,19,22). The maximum absolute atomic E-state index is 12.3. The molecule has 0 radical (unpaired) electrons. The number of nitrogens with zero attached hydrogens (tertiary/aromatic N) is 1. The van der Waals surface area contributed by atoms with Gasteiger partial charge in [0.2, 0.25) is 11.8 Å². The van der Waals surface area contributed by atoms with Gasteiger partial charge in [-0.05, 0) is 30.9 Å². The van der Waals surface area contributed by atoms with E-state index in [1.165, 1.54) is 19.3 Å². The quantitative estimate of drug-likeness (QED) is 0.913. The van der Waals surface area contributed by atoms with Crippen molar-refractivity contribution in [2.75, 3.05) is 31.2 Å². The molecule has 2 aliphatic heterocycles. The van der Waals surface area contributed by atoms with Gasteiger partial charge in [-0.25, -0.2) is 0 Å². The highest BCUT2D eigenvalue weighted by Crippen LogP contribution is 2.36. The molecule has 24 heavy (non-hydrogen) atoms. The third-order valence-corrected chi connectivity index (χ3v) is 5.12. The van der Waals surface area contributed by atoms with Gasteiger partial charge in [-0.1, -0.05) is 6.42 Å². The van der Waals surface area contributed by atoms with Crippen LogP contribution in [0.25, 0.3) is 0 Å². The molecular formula is C18H22N2O4. The second kappa shape index (κ2) is 6.34. The summed E-state index contributed by atoms with van der Waals surface area (Å²) < 4.78 is 11.1. The number of carbonyl (C=O) groups excluding carboxylic acids is 2. The molecule has 1 aromatic rings. The third kappa shape index (κ3) is 2.92. The van der Waals surface area contributed by atoms with Crippen LogP contribution in [0, 0.1) is 11.8 Å². The van der Waals surface area contributed by atoms with Crippen molar-refractivity contribution in [3.05, 3.63) is 18.2 Å². The lowest BCUT2D eigenvalue weighted by Gasteiger charge is -2.26. The lowest BCUT2D eigenvalue weighted by molar-refractivity contribution is -0.126. The van der Waals surface area contributed by atoms with Crippen LogP contribution < -0.4 is 19.7 Å². The molecule has 1 saturated heterocycles. The van der Waals surface area contributed by atoms with Crippen LogP contribution in [0.15, 0.2) is 18.2 Å². The maximum Gasteiger partial charge on any atom is 0.227 e. The van der Waals surface area contributed by atoms with Crippen LogP contribution in [0.4, 0.5) is 5.69 Å². The number of rotatable bonds is 4. The molecule has 1 unspecified atom stereocenters. The highest BCUT2D eigenvalue weighted by molar-refractivity contribution is 6.00. The molecule has 3 aliphatic rings. The fourth-order valence-electron chi connectivity index (χ4n) is 3.42. The monoisotopic (exact) mass is 330 g/mol. The van der Waals surface area contributed by atoms with Gasteiger partial charge in [-0.3, -0.25) is 9.59 Å². The third-order valence-electron chi connectivity index (χ3n) is 5.12. The van der Waals surface area contributed by atoms with Crippen LogP contribution in [-0.2, 0) is 9.59 Å². The zero-order valence-corrected chi connectivity index (χ0v) is 13.6. The lowest BCUT2D eigenvalue weighted by atomic mass is 9.85. The fourth-order valence-corrected chi connectivity index (χ4v) is 3.42. The maximum atomic E-state index is 12.3. The van der Waals surface area contributed by atoms with Gasteiger partial charge >= 0.3 is 0 Å². The Kier molecular flexibility index (Phi) is 4.04. The minimum Gasteiger partial charge on any atom is -0.486 e. The van der Waals surface area contributed by atoms with Gasteiger partial charge in [0.05, 0.1) is 5.92 Å². The summed E-state index contributed by atoms with van der Waals surface area (Å²) in [6, 6.07) is 5.49. The number of hydrogen-bond donors (Lipinski definition) is 1. The van der Waals surface area contributed by atoms with Crippen LogP contribution in [0.5, 0.6) is 11.5 Å². The molecule has 1 saturated carbocycles. The molecule has 1 aromatic carbocycles. The van der Waals surface area contributed by atoms with Crippen LogP contribution in [-0.4, -0.2) is 38.1 Å². The van der Waals surface area contributed by atoms with E-state index in [-0.39, 0.29) is 24.2 Å². The van der Waals surface area contributed by atoms with Crippen molar-refractivity contribution in [1.29, 1.82) is 0 Å². The fraction of sp³-hybridized carbons (Fsp3) is 0.556. The van der Waals surface area contributed by atoms with Crippen molar-refractivity contribution >= 4 is 17.5 Å². The van der Waals surface area contributed by atoms with E-state index in [0.717, 1.165) is 12.2 Å². The number of nitrogens with one attached hydrogen (secondary N) is 1. The largest absolute Gasteiger partial charge is 0.486 e. The molecule has 1 atom stereocenters. The van der Waals surface area contributed by atoms with Crippen molar-refractivity contribution in [1.82, 2.24) is 5.32 Å². The average Bonchev–Trinajstić information content (AvgIpc) is 2.95. The van der Waals surface area contributed by atoms with Gasteiger partial charge in [0.15, 0.2) is 11.5 Å². The summed E-state index contributed by atoms with van der Waals surface area (Å²) in [6.45, 7) is 2.22. The summed E-state index contributed by atoms with van der Waals surface area (Å²) in [5.74, 6) is 1.69. The van der Waals surface area contributed by atoms with Crippen LogP contribution in [0.1, 0.15) is 25.7 Å². The summed E-state index contributed by atoms with van der Waals surface area (Å²) in [5, 5.41) is 3.01. The van der Waals surface area contributed by atoms with Gasteiger partial charge in [0, 0.05) is 31.3 Å². The predicted molar refractivity (Wildman–Crippen MR) is 88.2 cm³/mol. The summed E-state index contributed by atoms with van der Waals surface area (Å²) in [5.41, 5.74) is 0.763. The first kappa shape index (κ1) is 15.3. The normalized spacial score (nSPS) is 23.1. The Morgan fingerprint density at radius 3 is 2.75 bits per heavy atom. The summed E-state index contributed by atoms with van der Waals surface area (Å²) >= 11 is 0. The minimum absolute atomic E-state index is 0.00436. The van der Waals surface area contributed by atoms with Crippen LogP contribution >= 0.6 is 0 Å². The molecule has 2 heterocycles. The number of fused-ring (bicyclic) bond motifs is 1. The summed E-state index contributed by atoms with van der Waals surface area (Å²) in [4.78, 5) is 26.3. The number of amides is 2. The second-order valence-electron chi connectivity index (χ2n) is 6.78. The van der Waals surface area contributed by atoms with Crippen molar-refractivity contribution in [2.45, 2.75) is 25.7 Å². The molecule has 4 rings (SSSR count). The Morgan fingerprint density at radius 2 is 2.00 bits per heavy atom. The Labute approximate surface area is 141 Å².